The van der Waals surface area contributed by atoms with Crippen LogP contribution in [0.1, 0.15) is 16.8 Å². The van der Waals surface area contributed by atoms with Crippen LogP contribution in [-0.4, -0.2) is 19.7 Å². The maximum atomic E-state index is 13.1. The Morgan fingerprint density at radius 2 is 1.90 bits per heavy atom. The van der Waals surface area contributed by atoms with Crippen molar-refractivity contribution < 1.29 is 9.72 Å². The van der Waals surface area contributed by atoms with Gasteiger partial charge in [-0.2, -0.15) is 0 Å². The van der Waals surface area contributed by atoms with E-state index in [1.807, 2.05) is 44.2 Å². The Kier molecular flexibility index (Phi) is 5.27. The van der Waals surface area contributed by atoms with Crippen LogP contribution < -0.4 is 4.90 Å². The fraction of sp³-hybridized carbons (Fsp3) is 0.0909. The molecular weight excluding hydrogens is 418 g/mol. The van der Waals surface area contributed by atoms with E-state index in [1.54, 1.807) is 33.9 Å². The summed E-state index contributed by atoms with van der Waals surface area (Å²) in [5.41, 5.74) is 4.26. The van der Waals surface area contributed by atoms with E-state index in [-0.39, 0.29) is 11.6 Å². The highest BCUT2D eigenvalue weighted by Crippen LogP contribution is 2.37. The minimum atomic E-state index is -0.429. The van der Waals surface area contributed by atoms with Crippen molar-refractivity contribution >= 4 is 51.7 Å². The van der Waals surface area contributed by atoms with Gasteiger partial charge in [-0.15, -0.1) is 0 Å². The third-order valence-electron chi connectivity index (χ3n) is 4.76. The van der Waals surface area contributed by atoms with Gasteiger partial charge in [0.1, 0.15) is 0 Å². The molecule has 6 nitrogen and oxygen atoms in total. The first kappa shape index (κ1) is 20.1. The van der Waals surface area contributed by atoms with Crippen LogP contribution in [0, 0.1) is 24.0 Å². The zero-order valence-electron chi connectivity index (χ0n) is 16.2. The number of hydrogen-bond donors (Lipinski definition) is 0. The topological polar surface area (TPSA) is 68.4 Å². The molecule has 0 saturated carbocycles. The lowest BCUT2D eigenvalue weighted by atomic mass is 10.1. The number of rotatable bonds is 4. The van der Waals surface area contributed by atoms with Crippen LogP contribution in [0.3, 0.4) is 0 Å². The van der Waals surface area contributed by atoms with Crippen molar-refractivity contribution in [3.63, 3.8) is 0 Å². The third kappa shape index (κ3) is 3.67. The first-order valence-corrected chi connectivity index (χ1v) is 10.3. The Labute approximate surface area is 183 Å². The van der Waals surface area contributed by atoms with Crippen LogP contribution in [0.2, 0.25) is 0 Å². The summed E-state index contributed by atoms with van der Waals surface area (Å²) in [6.07, 6.45) is 3.57. The van der Waals surface area contributed by atoms with Gasteiger partial charge in [-0.1, -0.05) is 47.7 Å². The Balaban J connectivity index is 1.70. The van der Waals surface area contributed by atoms with Crippen molar-refractivity contribution in [1.82, 2.24) is 4.57 Å². The van der Waals surface area contributed by atoms with E-state index in [2.05, 4.69) is 0 Å². The highest BCUT2D eigenvalue weighted by Gasteiger charge is 2.34. The molecule has 3 aromatic rings. The lowest BCUT2D eigenvalue weighted by Crippen LogP contribution is -2.28. The summed E-state index contributed by atoms with van der Waals surface area (Å²) in [5, 5.41) is 11.1. The zero-order valence-corrected chi connectivity index (χ0v) is 17.9. The molecule has 2 aromatic carbocycles. The molecule has 4 rings (SSSR count). The number of nitro groups is 1. The number of hydrogen-bond acceptors (Lipinski definition) is 5. The Morgan fingerprint density at radius 1 is 1.10 bits per heavy atom. The minimum absolute atomic E-state index is 0.00770. The van der Waals surface area contributed by atoms with Crippen LogP contribution in [-0.2, 0) is 4.79 Å². The first-order chi connectivity index (χ1) is 14.3. The second-order valence-electron chi connectivity index (χ2n) is 6.89. The molecule has 0 bridgehead atoms. The average molecular weight is 436 g/mol. The molecule has 0 radical (unpaired) electrons. The minimum Gasteiger partial charge on any atom is -0.317 e. The largest absolute Gasteiger partial charge is 0.317 e. The molecule has 0 unspecified atom stereocenters. The van der Waals surface area contributed by atoms with Gasteiger partial charge in [0.2, 0.25) is 0 Å². The molecule has 1 fully saturated rings. The molecule has 8 heteroatoms. The highest BCUT2D eigenvalue weighted by atomic mass is 32.2. The van der Waals surface area contributed by atoms with Gasteiger partial charge in [-0.25, -0.2) is 0 Å². The number of carbonyl (C=O) groups excluding carboxylic acids is 1. The Bertz CT molecular complexity index is 1230. The van der Waals surface area contributed by atoms with Gasteiger partial charge in [0, 0.05) is 24.0 Å². The van der Waals surface area contributed by atoms with Crippen LogP contribution >= 0.6 is 24.0 Å². The predicted octanol–water partition coefficient (Wildman–Crippen LogP) is 5.41. The molecule has 1 aromatic heterocycles. The normalized spacial score (nSPS) is 15.3. The number of non-ortho nitro benzene ring substituents is 1. The molecular formula is C22H17N3O3S2. The van der Waals surface area contributed by atoms with Gasteiger partial charge in [-0.3, -0.25) is 19.8 Å². The number of aromatic nitrogens is 1. The van der Waals surface area contributed by atoms with E-state index >= 15 is 0 Å². The van der Waals surface area contributed by atoms with Crippen molar-refractivity contribution in [3.05, 3.63) is 92.6 Å². The SMILES string of the molecule is Cc1ccc(N2C(=O)/C(=C\c3cccn3-c3cccc([N+](=O)[O-])c3)SC2=S)c(C)c1. The smallest absolute Gasteiger partial charge is 0.271 e. The number of amides is 1. The molecule has 1 amide bonds. The van der Waals surface area contributed by atoms with Gasteiger partial charge in [0.05, 0.1) is 21.2 Å². The quantitative estimate of drug-likeness (QED) is 0.237. The number of thioether (sulfide) groups is 1. The van der Waals surface area contributed by atoms with Crippen LogP contribution in [0.5, 0.6) is 0 Å². The van der Waals surface area contributed by atoms with Gasteiger partial charge < -0.3 is 4.57 Å². The van der Waals surface area contributed by atoms with Gasteiger partial charge in [-0.05, 0) is 49.8 Å². The van der Waals surface area contributed by atoms with Gasteiger partial charge in [0.15, 0.2) is 4.32 Å². The number of anilines is 1. The van der Waals surface area contributed by atoms with Crippen LogP contribution in [0.15, 0.2) is 65.7 Å². The molecule has 1 saturated heterocycles. The number of benzene rings is 2. The Hall–Kier alpha value is -3.23. The second kappa shape index (κ2) is 7.89. The summed E-state index contributed by atoms with van der Waals surface area (Å²) in [6.45, 7) is 3.96. The molecule has 1 aliphatic rings. The Morgan fingerprint density at radius 3 is 2.63 bits per heavy atom. The number of nitro benzene ring substituents is 1. The average Bonchev–Trinajstić information content (AvgIpc) is 3.27. The summed E-state index contributed by atoms with van der Waals surface area (Å²) in [4.78, 5) is 25.9. The van der Waals surface area contributed by atoms with Crippen molar-refractivity contribution in [2.45, 2.75) is 13.8 Å². The lowest BCUT2D eigenvalue weighted by molar-refractivity contribution is -0.384. The van der Waals surface area contributed by atoms with Crippen molar-refractivity contribution in [3.8, 4) is 5.69 Å². The molecule has 30 heavy (non-hydrogen) atoms. The van der Waals surface area contributed by atoms with E-state index in [0.717, 1.165) is 22.5 Å². The standard InChI is InChI=1S/C22H17N3O3S2/c1-14-8-9-19(15(2)11-14)24-21(26)20(30-22(24)29)13-17-7-4-10-23(17)16-5-3-6-18(12-16)25(27)28/h3-13H,1-2H3/b20-13+. The van der Waals surface area contributed by atoms with Crippen LogP contribution in [0.4, 0.5) is 11.4 Å². The van der Waals surface area contributed by atoms with Gasteiger partial charge >= 0.3 is 0 Å². The van der Waals surface area contributed by atoms with E-state index in [9.17, 15) is 14.9 Å². The number of aryl methyl sites for hydroxylation is 2. The number of thiocarbonyl (C=S) groups is 1. The summed E-state index contributed by atoms with van der Waals surface area (Å²) in [5.74, 6) is -0.177. The monoisotopic (exact) mass is 435 g/mol. The van der Waals surface area contributed by atoms with Gasteiger partial charge in [0.25, 0.3) is 11.6 Å². The molecule has 0 atom stereocenters. The van der Waals surface area contributed by atoms with E-state index in [0.29, 0.717) is 14.9 Å². The predicted molar refractivity (Wildman–Crippen MR) is 124 cm³/mol. The molecule has 150 valence electrons. The summed E-state index contributed by atoms with van der Waals surface area (Å²) < 4.78 is 2.28. The van der Waals surface area contributed by atoms with Crippen molar-refractivity contribution in [2.75, 3.05) is 4.90 Å². The molecule has 1 aliphatic heterocycles. The molecule has 0 spiro atoms. The summed E-state index contributed by atoms with van der Waals surface area (Å²) >= 11 is 6.73. The molecule has 0 N–H and O–H groups in total. The molecule has 2 heterocycles. The molecule has 0 aliphatic carbocycles. The van der Waals surface area contributed by atoms with E-state index in [4.69, 9.17) is 12.2 Å². The third-order valence-corrected chi connectivity index (χ3v) is 6.07. The maximum Gasteiger partial charge on any atom is 0.271 e. The van der Waals surface area contributed by atoms with E-state index < -0.39 is 4.92 Å². The maximum absolute atomic E-state index is 13.1. The fourth-order valence-corrected chi connectivity index (χ4v) is 4.64. The van der Waals surface area contributed by atoms with Crippen LogP contribution in [0.25, 0.3) is 11.8 Å². The second-order valence-corrected chi connectivity index (χ2v) is 8.56. The zero-order chi connectivity index (χ0) is 21.4. The fourth-order valence-electron chi connectivity index (χ4n) is 3.37. The van der Waals surface area contributed by atoms with Crippen molar-refractivity contribution in [1.29, 1.82) is 0 Å². The van der Waals surface area contributed by atoms with E-state index in [1.165, 1.54) is 23.9 Å². The number of carbonyl (C=O) groups is 1. The summed E-state index contributed by atoms with van der Waals surface area (Å²) in [6, 6.07) is 15.9. The lowest BCUT2D eigenvalue weighted by Gasteiger charge is -2.17. The first-order valence-electron chi connectivity index (χ1n) is 9.12. The van der Waals surface area contributed by atoms with Crippen molar-refractivity contribution in [2.24, 2.45) is 0 Å². The highest BCUT2D eigenvalue weighted by molar-refractivity contribution is 8.27. The number of nitrogens with zero attached hydrogens (tertiary/aromatic N) is 3. The summed E-state index contributed by atoms with van der Waals surface area (Å²) in [7, 11) is 0.